The third-order valence-electron chi connectivity index (χ3n) is 6.35. The number of likely N-dealkylation sites (N-methyl/N-ethyl adjacent to an activating group) is 1. The molecule has 1 N–H and O–H groups in total. The Labute approximate surface area is 144 Å². The summed E-state index contributed by atoms with van der Waals surface area (Å²) in [6.45, 7) is 0.974. The fourth-order valence-corrected chi connectivity index (χ4v) is 5.87. The molecule has 0 aromatic heterocycles. The van der Waals surface area contributed by atoms with Crippen molar-refractivity contribution in [3.8, 4) is 11.5 Å². The molecule has 0 amide bonds. The fraction of sp³-hybridized carbons (Fsp3) is 0.611. The summed E-state index contributed by atoms with van der Waals surface area (Å²) in [5.74, 6) is 1.51. The maximum absolute atomic E-state index is 12.3. The number of methoxy groups -OCH3 is 1. The van der Waals surface area contributed by atoms with E-state index in [-0.39, 0.29) is 11.2 Å². The third kappa shape index (κ3) is 2.02. The number of carbonyl (C=O) groups excluding carboxylic acids is 1. The van der Waals surface area contributed by atoms with E-state index in [4.69, 9.17) is 4.74 Å². The number of ether oxygens (including phenoxy) is 1. The maximum atomic E-state index is 12.3. The highest BCUT2D eigenvalue weighted by molar-refractivity contribution is 9.10. The molecule has 3 unspecified atom stereocenters. The normalized spacial score (nSPS) is 33.1. The highest BCUT2D eigenvalue weighted by Gasteiger charge is 2.56. The summed E-state index contributed by atoms with van der Waals surface area (Å²) in [4.78, 5) is 14.8. The summed E-state index contributed by atoms with van der Waals surface area (Å²) < 4.78 is 6.36. The molecule has 3 atom stereocenters. The van der Waals surface area contributed by atoms with Crippen LogP contribution in [0.5, 0.6) is 11.5 Å². The van der Waals surface area contributed by atoms with E-state index in [1.165, 1.54) is 0 Å². The molecule has 1 heterocycles. The van der Waals surface area contributed by atoms with Crippen molar-refractivity contribution in [1.82, 2.24) is 4.90 Å². The van der Waals surface area contributed by atoms with Gasteiger partial charge in [-0.05, 0) is 50.4 Å². The number of likely N-dealkylation sites (tertiary alicyclic amines) is 1. The lowest BCUT2D eigenvalue weighted by Gasteiger charge is -2.58. The number of phenols is 1. The molecular weight excluding hydrogens is 358 g/mol. The van der Waals surface area contributed by atoms with Gasteiger partial charge in [-0.1, -0.05) is 15.9 Å². The predicted molar refractivity (Wildman–Crippen MR) is 91.1 cm³/mol. The van der Waals surface area contributed by atoms with E-state index in [2.05, 4.69) is 27.9 Å². The lowest BCUT2D eigenvalue weighted by Crippen LogP contribution is -2.61. The Morgan fingerprint density at radius 1 is 1.48 bits per heavy atom. The molecule has 2 bridgehead atoms. The Kier molecular flexibility index (Phi) is 3.50. The average Bonchev–Trinajstić information content (AvgIpc) is 2.53. The van der Waals surface area contributed by atoms with Crippen LogP contribution in [0.3, 0.4) is 0 Å². The van der Waals surface area contributed by atoms with Gasteiger partial charge in [-0.2, -0.15) is 0 Å². The third-order valence-corrected chi connectivity index (χ3v) is 7.05. The zero-order chi connectivity index (χ0) is 16.4. The number of phenolic OH excluding ortho intramolecular Hbond substituents is 1. The number of hydrogen-bond donors (Lipinski definition) is 1. The van der Waals surface area contributed by atoms with E-state index in [0.717, 1.165) is 41.4 Å². The van der Waals surface area contributed by atoms with Crippen LogP contribution < -0.4 is 4.74 Å². The minimum Gasteiger partial charge on any atom is -0.504 e. The number of piperidine rings is 1. The van der Waals surface area contributed by atoms with Crippen LogP contribution in [0.25, 0.3) is 0 Å². The van der Waals surface area contributed by atoms with Crippen molar-refractivity contribution >= 4 is 21.7 Å². The largest absolute Gasteiger partial charge is 0.504 e. The monoisotopic (exact) mass is 379 g/mol. The van der Waals surface area contributed by atoms with Crippen LogP contribution in [-0.2, 0) is 16.6 Å². The van der Waals surface area contributed by atoms with Gasteiger partial charge in [-0.3, -0.25) is 4.79 Å². The number of halogens is 1. The lowest BCUT2D eigenvalue weighted by molar-refractivity contribution is -0.127. The minimum atomic E-state index is -0.221. The first-order valence-corrected chi connectivity index (χ1v) is 9.08. The topological polar surface area (TPSA) is 49.8 Å². The van der Waals surface area contributed by atoms with Gasteiger partial charge in [-0.25, -0.2) is 0 Å². The summed E-state index contributed by atoms with van der Waals surface area (Å²) in [5, 5.41) is 10.9. The summed E-state index contributed by atoms with van der Waals surface area (Å²) in [7, 11) is 3.77. The smallest absolute Gasteiger partial charge is 0.161 e. The van der Waals surface area contributed by atoms with Crippen LogP contribution in [0, 0.1) is 5.92 Å². The Hall–Kier alpha value is -1.07. The van der Waals surface area contributed by atoms with Gasteiger partial charge in [0, 0.05) is 34.3 Å². The number of carbonyl (C=O) groups is 1. The highest BCUT2D eigenvalue weighted by Crippen LogP contribution is 2.59. The van der Waals surface area contributed by atoms with Gasteiger partial charge < -0.3 is 14.7 Å². The number of benzene rings is 1. The van der Waals surface area contributed by atoms with Gasteiger partial charge in [0.2, 0.25) is 0 Å². The number of fused-ring (bicyclic) bond motifs is 1. The summed E-state index contributed by atoms with van der Waals surface area (Å²) in [5.41, 5.74) is 1.92. The Morgan fingerprint density at radius 3 is 3.00 bits per heavy atom. The van der Waals surface area contributed by atoms with Gasteiger partial charge in [0.05, 0.1) is 7.11 Å². The molecule has 4 nitrogen and oxygen atoms in total. The summed E-state index contributed by atoms with van der Waals surface area (Å²) in [6.07, 6.45) is 4.02. The second kappa shape index (κ2) is 5.21. The van der Waals surface area contributed by atoms with Crippen molar-refractivity contribution in [3.63, 3.8) is 0 Å². The second-order valence-electron chi connectivity index (χ2n) is 7.28. The molecule has 5 heteroatoms. The molecule has 1 aromatic rings. The number of Topliss-reactive ketones (excluding diaryl/α,β-unsaturated/α-hetero) is 1. The van der Waals surface area contributed by atoms with Crippen molar-refractivity contribution in [2.75, 3.05) is 20.7 Å². The summed E-state index contributed by atoms with van der Waals surface area (Å²) >= 11 is 3.67. The second-order valence-corrected chi connectivity index (χ2v) is 8.14. The van der Waals surface area contributed by atoms with E-state index < -0.39 is 0 Å². The highest BCUT2D eigenvalue weighted by atomic mass is 79.9. The Balaban J connectivity index is 1.99. The van der Waals surface area contributed by atoms with Gasteiger partial charge in [0.25, 0.3) is 0 Å². The number of ketones is 1. The molecule has 1 aliphatic heterocycles. The zero-order valence-corrected chi connectivity index (χ0v) is 15.1. The minimum absolute atomic E-state index is 0.221. The molecule has 1 saturated heterocycles. The molecule has 4 rings (SSSR count). The Morgan fingerprint density at radius 2 is 2.26 bits per heavy atom. The molecule has 2 aliphatic carbocycles. The maximum Gasteiger partial charge on any atom is 0.161 e. The number of aromatic hydroxyl groups is 1. The number of hydrogen-bond acceptors (Lipinski definition) is 4. The van der Waals surface area contributed by atoms with Crippen molar-refractivity contribution < 1.29 is 14.6 Å². The van der Waals surface area contributed by atoms with Crippen molar-refractivity contribution in [3.05, 3.63) is 21.7 Å². The van der Waals surface area contributed by atoms with E-state index in [9.17, 15) is 9.90 Å². The van der Waals surface area contributed by atoms with E-state index in [0.29, 0.717) is 36.3 Å². The van der Waals surface area contributed by atoms with Crippen LogP contribution in [0.2, 0.25) is 0 Å². The van der Waals surface area contributed by atoms with E-state index >= 15 is 0 Å². The van der Waals surface area contributed by atoms with Crippen molar-refractivity contribution in [2.45, 2.75) is 43.6 Å². The molecule has 1 saturated carbocycles. The van der Waals surface area contributed by atoms with E-state index in [1.54, 1.807) is 7.11 Å². The first-order valence-electron chi connectivity index (χ1n) is 8.28. The van der Waals surface area contributed by atoms with Crippen LogP contribution in [0.1, 0.15) is 36.8 Å². The van der Waals surface area contributed by atoms with Crippen LogP contribution in [0.4, 0.5) is 0 Å². The Bertz CT molecular complexity index is 689. The fourth-order valence-electron chi connectivity index (χ4n) is 5.30. The lowest BCUT2D eigenvalue weighted by atomic mass is 9.52. The molecule has 0 spiro atoms. The molecule has 1 aromatic carbocycles. The van der Waals surface area contributed by atoms with Gasteiger partial charge in [0.1, 0.15) is 5.78 Å². The molecule has 124 valence electrons. The molecule has 3 aliphatic rings. The van der Waals surface area contributed by atoms with Crippen LogP contribution >= 0.6 is 15.9 Å². The van der Waals surface area contributed by atoms with Crippen molar-refractivity contribution in [2.24, 2.45) is 5.92 Å². The average molecular weight is 380 g/mol. The zero-order valence-electron chi connectivity index (χ0n) is 13.6. The first kappa shape index (κ1) is 15.5. The van der Waals surface area contributed by atoms with Gasteiger partial charge in [-0.15, -0.1) is 0 Å². The number of nitrogens with zero attached hydrogens (tertiary/aromatic N) is 1. The molecule has 0 radical (unpaired) electrons. The quantitative estimate of drug-likeness (QED) is 0.814. The summed E-state index contributed by atoms with van der Waals surface area (Å²) in [6, 6.07) is 2.30. The van der Waals surface area contributed by atoms with E-state index in [1.807, 2.05) is 6.07 Å². The predicted octanol–water partition coefficient (Wildman–Crippen LogP) is 3.03. The SMILES string of the molecule is COc1cc(Br)c2c(c1O)C13CCN(C)C(C2)C1CCC(=O)C3. The molecular formula is C18H22BrNO3. The standard InChI is InChI=1S/C18H22BrNO3/c1-20-6-5-18-9-10(21)3-4-12(18)14(20)7-11-13(19)8-15(23-2)17(22)16(11)18/h8,12,14,22H,3-7,9H2,1-2H3. The van der Waals surface area contributed by atoms with Crippen LogP contribution in [0.15, 0.2) is 10.5 Å². The van der Waals surface area contributed by atoms with Gasteiger partial charge >= 0.3 is 0 Å². The van der Waals surface area contributed by atoms with Crippen LogP contribution in [-0.4, -0.2) is 42.5 Å². The molecule has 23 heavy (non-hydrogen) atoms. The number of rotatable bonds is 1. The first-order chi connectivity index (χ1) is 11.0. The van der Waals surface area contributed by atoms with Gasteiger partial charge in [0.15, 0.2) is 11.5 Å². The molecule has 2 fully saturated rings. The van der Waals surface area contributed by atoms with Crippen molar-refractivity contribution in [1.29, 1.82) is 0 Å².